The summed E-state index contributed by atoms with van der Waals surface area (Å²) in [5.41, 5.74) is 0. The first kappa shape index (κ1) is 17.4. The van der Waals surface area contributed by atoms with Gasteiger partial charge in [0, 0.05) is 19.6 Å². The Morgan fingerprint density at radius 2 is 2.06 bits per heavy atom. The molecule has 0 unspecified atom stereocenters. The van der Waals surface area contributed by atoms with Gasteiger partial charge in [-0.3, -0.25) is 4.99 Å². The van der Waals surface area contributed by atoms with Crippen LogP contribution in [0.5, 0.6) is 0 Å². The number of hydrogen-bond acceptors (Lipinski definition) is 2. The van der Waals surface area contributed by atoms with Gasteiger partial charge in [0.25, 0.3) is 0 Å². The molecule has 3 nitrogen and oxygen atoms in total. The van der Waals surface area contributed by atoms with Crippen molar-refractivity contribution in [3.63, 3.8) is 0 Å². The summed E-state index contributed by atoms with van der Waals surface area (Å²) >= 11 is 1.92. The molecule has 0 radical (unpaired) electrons. The fraction of sp³-hybridized carbons (Fsp3) is 0.917. The minimum atomic E-state index is 0. The summed E-state index contributed by atoms with van der Waals surface area (Å²) in [6, 6.07) is 0. The fourth-order valence-electron chi connectivity index (χ4n) is 1.44. The Hall–Kier alpha value is 0.350. The van der Waals surface area contributed by atoms with Crippen molar-refractivity contribution in [1.82, 2.24) is 10.6 Å². The predicted octanol–water partition coefficient (Wildman–Crippen LogP) is 2.71. The third-order valence-corrected chi connectivity index (χ3v) is 3.31. The van der Waals surface area contributed by atoms with E-state index in [1.165, 1.54) is 31.4 Å². The smallest absolute Gasteiger partial charge is 0.191 e. The van der Waals surface area contributed by atoms with E-state index in [0.717, 1.165) is 31.5 Å². The van der Waals surface area contributed by atoms with Crippen molar-refractivity contribution in [2.75, 3.05) is 31.6 Å². The molecular weight excluding hydrogens is 345 g/mol. The van der Waals surface area contributed by atoms with Gasteiger partial charge in [-0.25, -0.2) is 0 Å². The Labute approximate surface area is 127 Å². The average Bonchev–Trinajstić information content (AvgIpc) is 3.09. The standard InChI is InChI=1S/C12H25N3S.HI/c1-3-13-12(15-10-11-6-7-11)14-8-4-5-9-16-2;/h11H,3-10H2,1-2H3,(H2,13,14,15);1H. The molecule has 0 saturated heterocycles. The van der Waals surface area contributed by atoms with Crippen LogP contribution >= 0.6 is 35.7 Å². The van der Waals surface area contributed by atoms with E-state index in [1.807, 2.05) is 11.8 Å². The van der Waals surface area contributed by atoms with E-state index in [9.17, 15) is 0 Å². The van der Waals surface area contributed by atoms with Crippen LogP contribution in [-0.2, 0) is 0 Å². The van der Waals surface area contributed by atoms with E-state index in [2.05, 4.69) is 28.8 Å². The number of unbranched alkanes of at least 4 members (excludes halogenated alkanes) is 1. The van der Waals surface area contributed by atoms with Crippen molar-refractivity contribution in [2.24, 2.45) is 10.9 Å². The van der Waals surface area contributed by atoms with Crippen LogP contribution in [0.3, 0.4) is 0 Å². The Balaban J connectivity index is 0.00000256. The fourth-order valence-corrected chi connectivity index (χ4v) is 1.93. The number of hydrogen-bond donors (Lipinski definition) is 2. The van der Waals surface area contributed by atoms with Crippen molar-refractivity contribution < 1.29 is 0 Å². The summed E-state index contributed by atoms with van der Waals surface area (Å²) < 4.78 is 0. The van der Waals surface area contributed by atoms with E-state index >= 15 is 0 Å². The first-order valence-corrected chi connectivity index (χ1v) is 7.77. The number of thioether (sulfide) groups is 1. The molecule has 0 atom stereocenters. The molecule has 2 N–H and O–H groups in total. The zero-order valence-corrected chi connectivity index (χ0v) is 14.1. The van der Waals surface area contributed by atoms with Crippen LogP contribution in [0.4, 0.5) is 0 Å². The van der Waals surface area contributed by atoms with Crippen LogP contribution in [0.1, 0.15) is 32.6 Å². The first-order chi connectivity index (χ1) is 7.86. The molecule has 102 valence electrons. The third kappa shape index (κ3) is 10.00. The SMILES string of the molecule is CCNC(=NCC1CC1)NCCCCSC.I. The molecular formula is C12H26IN3S. The molecule has 1 aliphatic carbocycles. The third-order valence-electron chi connectivity index (χ3n) is 2.62. The zero-order valence-electron chi connectivity index (χ0n) is 11.0. The molecule has 1 rings (SSSR count). The highest BCUT2D eigenvalue weighted by atomic mass is 127. The maximum atomic E-state index is 4.58. The van der Waals surface area contributed by atoms with E-state index in [1.54, 1.807) is 0 Å². The largest absolute Gasteiger partial charge is 0.357 e. The van der Waals surface area contributed by atoms with Gasteiger partial charge in [-0.05, 0) is 50.5 Å². The summed E-state index contributed by atoms with van der Waals surface area (Å²) in [6.45, 7) is 5.10. The van der Waals surface area contributed by atoms with Crippen molar-refractivity contribution in [3.05, 3.63) is 0 Å². The molecule has 0 spiro atoms. The molecule has 0 aromatic rings. The number of rotatable bonds is 8. The molecule has 1 saturated carbocycles. The minimum Gasteiger partial charge on any atom is -0.357 e. The summed E-state index contributed by atoms with van der Waals surface area (Å²) in [7, 11) is 0. The van der Waals surface area contributed by atoms with Gasteiger partial charge in [-0.1, -0.05) is 0 Å². The summed E-state index contributed by atoms with van der Waals surface area (Å²) in [5.74, 6) is 3.13. The second-order valence-electron chi connectivity index (χ2n) is 4.29. The average molecular weight is 371 g/mol. The van der Waals surface area contributed by atoms with Gasteiger partial charge in [-0.2, -0.15) is 11.8 Å². The van der Waals surface area contributed by atoms with E-state index in [-0.39, 0.29) is 24.0 Å². The van der Waals surface area contributed by atoms with Gasteiger partial charge in [0.05, 0.1) is 0 Å². The highest BCUT2D eigenvalue weighted by molar-refractivity contribution is 14.0. The van der Waals surface area contributed by atoms with E-state index < -0.39 is 0 Å². The predicted molar refractivity (Wildman–Crippen MR) is 89.7 cm³/mol. The van der Waals surface area contributed by atoms with Crippen LogP contribution in [0.15, 0.2) is 4.99 Å². The second kappa shape index (κ2) is 11.4. The molecule has 1 aliphatic rings. The maximum Gasteiger partial charge on any atom is 0.191 e. The summed E-state index contributed by atoms with van der Waals surface area (Å²) in [4.78, 5) is 4.58. The highest BCUT2D eigenvalue weighted by Gasteiger charge is 2.20. The zero-order chi connectivity index (χ0) is 11.6. The Morgan fingerprint density at radius 1 is 1.29 bits per heavy atom. The molecule has 1 fully saturated rings. The van der Waals surface area contributed by atoms with Gasteiger partial charge in [0.15, 0.2) is 5.96 Å². The van der Waals surface area contributed by atoms with Gasteiger partial charge in [0.2, 0.25) is 0 Å². The van der Waals surface area contributed by atoms with Crippen LogP contribution in [0.25, 0.3) is 0 Å². The Morgan fingerprint density at radius 3 is 2.65 bits per heavy atom. The van der Waals surface area contributed by atoms with Crippen molar-refractivity contribution in [2.45, 2.75) is 32.6 Å². The van der Waals surface area contributed by atoms with Crippen LogP contribution in [-0.4, -0.2) is 37.6 Å². The molecule has 0 heterocycles. The van der Waals surface area contributed by atoms with Gasteiger partial charge in [-0.15, -0.1) is 24.0 Å². The quantitative estimate of drug-likeness (QED) is 0.298. The normalized spacial score (nSPS) is 15.3. The summed E-state index contributed by atoms with van der Waals surface area (Å²) in [6.07, 6.45) is 7.42. The molecule has 0 aromatic heterocycles. The Kier molecular flexibility index (Phi) is 11.7. The molecule has 0 aliphatic heterocycles. The molecule has 0 bridgehead atoms. The first-order valence-electron chi connectivity index (χ1n) is 6.38. The molecule has 0 amide bonds. The lowest BCUT2D eigenvalue weighted by Gasteiger charge is -2.10. The van der Waals surface area contributed by atoms with Crippen LogP contribution < -0.4 is 10.6 Å². The van der Waals surface area contributed by atoms with Gasteiger partial charge in [0.1, 0.15) is 0 Å². The lowest BCUT2D eigenvalue weighted by Crippen LogP contribution is -2.38. The highest BCUT2D eigenvalue weighted by Crippen LogP contribution is 2.28. The number of nitrogens with one attached hydrogen (secondary N) is 2. The van der Waals surface area contributed by atoms with Crippen molar-refractivity contribution in [3.8, 4) is 0 Å². The number of nitrogens with zero attached hydrogens (tertiary/aromatic N) is 1. The Bertz CT molecular complexity index is 208. The topological polar surface area (TPSA) is 36.4 Å². The summed E-state index contributed by atoms with van der Waals surface area (Å²) in [5, 5.41) is 6.68. The lowest BCUT2D eigenvalue weighted by atomic mass is 10.3. The monoisotopic (exact) mass is 371 g/mol. The van der Waals surface area contributed by atoms with E-state index in [4.69, 9.17) is 0 Å². The molecule has 17 heavy (non-hydrogen) atoms. The second-order valence-corrected chi connectivity index (χ2v) is 5.28. The minimum absolute atomic E-state index is 0. The van der Waals surface area contributed by atoms with Crippen molar-refractivity contribution in [1.29, 1.82) is 0 Å². The van der Waals surface area contributed by atoms with Crippen LogP contribution in [0.2, 0.25) is 0 Å². The lowest BCUT2D eigenvalue weighted by molar-refractivity contribution is 0.728. The number of aliphatic imine (C=N–C) groups is 1. The number of guanidine groups is 1. The van der Waals surface area contributed by atoms with Crippen molar-refractivity contribution >= 4 is 41.7 Å². The molecule has 0 aromatic carbocycles. The van der Waals surface area contributed by atoms with E-state index in [0.29, 0.717) is 0 Å². The van der Waals surface area contributed by atoms with Gasteiger partial charge >= 0.3 is 0 Å². The maximum absolute atomic E-state index is 4.58. The van der Waals surface area contributed by atoms with Crippen LogP contribution in [0, 0.1) is 5.92 Å². The number of halogens is 1. The molecule has 5 heteroatoms. The van der Waals surface area contributed by atoms with Gasteiger partial charge < -0.3 is 10.6 Å².